The molecule has 0 aliphatic carbocycles. The number of fused-ring (bicyclic) bond motifs is 1. The average molecular weight is 427 g/mol. The molecule has 6 heteroatoms. The first-order valence-corrected chi connectivity index (χ1v) is 11.3. The molecule has 6 nitrogen and oxygen atoms in total. The summed E-state index contributed by atoms with van der Waals surface area (Å²) in [5, 5.41) is 4.94. The fourth-order valence-corrected chi connectivity index (χ4v) is 4.81. The van der Waals surface area contributed by atoms with E-state index in [1.165, 1.54) is 16.9 Å². The molecule has 4 heterocycles. The van der Waals surface area contributed by atoms with Crippen LogP contribution in [0.2, 0.25) is 0 Å². The Labute approximate surface area is 189 Å². The van der Waals surface area contributed by atoms with Gasteiger partial charge in [0, 0.05) is 74.1 Å². The van der Waals surface area contributed by atoms with Gasteiger partial charge in [0.1, 0.15) is 5.82 Å². The molecule has 1 aliphatic heterocycles. The number of pyridine rings is 1. The van der Waals surface area contributed by atoms with E-state index in [9.17, 15) is 0 Å². The minimum atomic E-state index is 0.353. The van der Waals surface area contributed by atoms with Crippen LogP contribution < -0.4 is 4.90 Å². The molecule has 0 N–H and O–H groups in total. The van der Waals surface area contributed by atoms with Crippen LogP contribution >= 0.6 is 0 Å². The second-order valence-corrected chi connectivity index (χ2v) is 9.02. The van der Waals surface area contributed by atoms with Gasteiger partial charge in [-0.3, -0.25) is 9.67 Å². The summed E-state index contributed by atoms with van der Waals surface area (Å²) >= 11 is 0. The van der Waals surface area contributed by atoms with E-state index >= 15 is 0 Å². The van der Waals surface area contributed by atoms with Crippen LogP contribution in [0.25, 0.3) is 22.6 Å². The van der Waals surface area contributed by atoms with E-state index < -0.39 is 0 Å². The molecule has 0 spiro atoms. The van der Waals surface area contributed by atoms with E-state index in [1.54, 1.807) is 0 Å². The molecule has 1 aromatic carbocycles. The van der Waals surface area contributed by atoms with Gasteiger partial charge in [-0.1, -0.05) is 13.8 Å². The van der Waals surface area contributed by atoms with Crippen molar-refractivity contribution in [1.29, 1.82) is 0 Å². The highest BCUT2D eigenvalue weighted by Gasteiger charge is 2.26. The summed E-state index contributed by atoms with van der Waals surface area (Å²) in [4.78, 5) is 11.8. The van der Waals surface area contributed by atoms with Crippen molar-refractivity contribution in [2.24, 2.45) is 14.1 Å². The molecule has 32 heavy (non-hydrogen) atoms. The Morgan fingerprint density at radius 1 is 1.03 bits per heavy atom. The zero-order valence-electron chi connectivity index (χ0n) is 19.5. The molecule has 0 amide bonds. The van der Waals surface area contributed by atoms with Gasteiger partial charge in [-0.15, -0.1) is 0 Å². The van der Waals surface area contributed by atoms with Crippen LogP contribution in [0.3, 0.4) is 0 Å². The lowest BCUT2D eigenvalue weighted by Gasteiger charge is -2.30. The maximum atomic E-state index is 4.94. The van der Waals surface area contributed by atoms with Crippen molar-refractivity contribution >= 4 is 5.69 Å². The van der Waals surface area contributed by atoms with Crippen molar-refractivity contribution in [3.05, 3.63) is 71.4 Å². The van der Waals surface area contributed by atoms with Gasteiger partial charge in [0.2, 0.25) is 0 Å². The number of hydrogen-bond donors (Lipinski definition) is 0. The van der Waals surface area contributed by atoms with Crippen LogP contribution in [0.5, 0.6) is 0 Å². The minimum Gasteiger partial charge on any atom is -0.367 e. The van der Waals surface area contributed by atoms with Gasteiger partial charge in [0.15, 0.2) is 0 Å². The summed E-state index contributed by atoms with van der Waals surface area (Å²) in [6, 6.07) is 13.0. The smallest absolute Gasteiger partial charge is 0.139 e. The van der Waals surface area contributed by atoms with Crippen LogP contribution in [0.1, 0.15) is 42.4 Å². The summed E-state index contributed by atoms with van der Waals surface area (Å²) in [6.45, 7) is 8.25. The third-order valence-corrected chi connectivity index (χ3v) is 6.37. The lowest BCUT2D eigenvalue weighted by Crippen LogP contribution is -2.30. The summed E-state index contributed by atoms with van der Waals surface area (Å²) in [7, 11) is 4.11. The first-order chi connectivity index (χ1) is 15.4. The Bertz CT molecular complexity index is 1260. The first kappa shape index (κ1) is 20.5. The lowest BCUT2D eigenvalue weighted by atomic mass is 9.96. The van der Waals surface area contributed by atoms with Gasteiger partial charge in [-0.2, -0.15) is 5.10 Å². The number of anilines is 1. The number of rotatable bonds is 4. The number of hydrogen-bond acceptors (Lipinski definition) is 4. The highest BCUT2D eigenvalue weighted by Crippen LogP contribution is 2.35. The highest BCUT2D eigenvalue weighted by molar-refractivity contribution is 5.69. The maximum absolute atomic E-state index is 4.94. The highest BCUT2D eigenvalue weighted by atomic mass is 15.3. The molecule has 0 atom stereocenters. The Morgan fingerprint density at radius 2 is 1.81 bits per heavy atom. The van der Waals surface area contributed by atoms with Gasteiger partial charge in [-0.25, -0.2) is 4.98 Å². The zero-order chi connectivity index (χ0) is 22.4. The molecule has 0 radical (unpaired) electrons. The van der Waals surface area contributed by atoms with Crippen molar-refractivity contribution in [3.8, 4) is 22.6 Å². The molecule has 4 aromatic rings. The van der Waals surface area contributed by atoms with Gasteiger partial charge < -0.3 is 9.47 Å². The Kier molecular flexibility index (Phi) is 5.08. The summed E-state index contributed by atoms with van der Waals surface area (Å²) in [6.07, 6.45) is 4.92. The van der Waals surface area contributed by atoms with E-state index in [0.717, 1.165) is 53.5 Å². The van der Waals surface area contributed by atoms with Crippen molar-refractivity contribution in [1.82, 2.24) is 24.3 Å². The van der Waals surface area contributed by atoms with E-state index in [0.29, 0.717) is 5.92 Å². The molecule has 0 saturated heterocycles. The Hall–Kier alpha value is -3.41. The number of imidazole rings is 1. The molecule has 1 aliphatic rings. The van der Waals surface area contributed by atoms with Crippen molar-refractivity contribution < 1.29 is 0 Å². The fourth-order valence-electron chi connectivity index (χ4n) is 4.81. The van der Waals surface area contributed by atoms with E-state index in [4.69, 9.17) is 5.10 Å². The van der Waals surface area contributed by atoms with Crippen molar-refractivity contribution in [2.45, 2.75) is 39.7 Å². The number of benzene rings is 1. The predicted molar refractivity (Wildman–Crippen MR) is 129 cm³/mol. The minimum absolute atomic E-state index is 0.353. The quantitative estimate of drug-likeness (QED) is 0.467. The van der Waals surface area contributed by atoms with Crippen LogP contribution in [0.4, 0.5) is 5.69 Å². The normalized spacial score (nSPS) is 13.6. The molecule has 0 bridgehead atoms. The van der Waals surface area contributed by atoms with Crippen LogP contribution in [0.15, 0.2) is 48.8 Å². The average Bonchev–Trinajstić information content (AvgIpc) is 3.31. The largest absolute Gasteiger partial charge is 0.367 e. The van der Waals surface area contributed by atoms with Gasteiger partial charge in [0.05, 0.1) is 17.1 Å². The summed E-state index contributed by atoms with van der Waals surface area (Å²) in [5.74, 6) is 1.35. The monoisotopic (exact) mass is 426 g/mol. The van der Waals surface area contributed by atoms with E-state index in [2.05, 4.69) is 81.5 Å². The number of nitrogens with zero attached hydrogens (tertiary/aromatic N) is 6. The molecule has 3 aromatic heterocycles. The topological polar surface area (TPSA) is 51.8 Å². The number of aromatic nitrogens is 5. The van der Waals surface area contributed by atoms with Crippen LogP contribution in [-0.2, 0) is 27.1 Å². The third-order valence-electron chi connectivity index (χ3n) is 6.37. The molecule has 0 unspecified atom stereocenters. The van der Waals surface area contributed by atoms with Crippen LogP contribution in [0, 0.1) is 6.92 Å². The van der Waals surface area contributed by atoms with Gasteiger partial charge in [0.25, 0.3) is 0 Å². The number of aryl methyl sites for hydroxylation is 3. The molecular weight excluding hydrogens is 396 g/mol. The molecular formula is C26H30N6. The second-order valence-electron chi connectivity index (χ2n) is 9.02. The SMILES string of the molecule is Cc1cn(C)c(-c2ccc(N3CCc4c(c(-c5cccnc5C(C)C)nn4C)C3)cc2)n1. The standard InChI is InChI=1S/C26H30N6/c1-17(2)24-21(7-6-13-27-24)25-22-16-32(14-12-23(22)31(5)29-25)20-10-8-19(9-11-20)26-28-18(3)15-30(26)4/h6-11,13,15,17H,12,14,16H2,1-5H3. The summed E-state index contributed by atoms with van der Waals surface area (Å²) < 4.78 is 4.14. The zero-order valence-corrected chi connectivity index (χ0v) is 19.5. The van der Waals surface area contributed by atoms with Crippen molar-refractivity contribution in [2.75, 3.05) is 11.4 Å². The predicted octanol–water partition coefficient (Wildman–Crippen LogP) is 4.88. The molecule has 164 valence electrons. The molecule has 5 rings (SSSR count). The first-order valence-electron chi connectivity index (χ1n) is 11.3. The Balaban J connectivity index is 1.47. The summed E-state index contributed by atoms with van der Waals surface area (Å²) in [5.41, 5.74) is 9.39. The third kappa shape index (κ3) is 3.49. The van der Waals surface area contributed by atoms with E-state index in [-0.39, 0.29) is 0 Å². The Morgan fingerprint density at radius 3 is 2.50 bits per heavy atom. The van der Waals surface area contributed by atoms with Gasteiger partial charge in [-0.05, 0) is 49.2 Å². The maximum Gasteiger partial charge on any atom is 0.139 e. The second kappa shape index (κ2) is 7.93. The molecule has 0 fully saturated rings. The lowest BCUT2D eigenvalue weighted by molar-refractivity contribution is 0.656. The van der Waals surface area contributed by atoms with Crippen LogP contribution in [-0.4, -0.2) is 30.9 Å². The molecule has 0 saturated carbocycles. The fraction of sp³-hybridized carbons (Fsp3) is 0.346. The van der Waals surface area contributed by atoms with Crippen molar-refractivity contribution in [3.63, 3.8) is 0 Å². The van der Waals surface area contributed by atoms with Gasteiger partial charge >= 0.3 is 0 Å². The van der Waals surface area contributed by atoms with E-state index in [1.807, 2.05) is 26.2 Å².